The summed E-state index contributed by atoms with van der Waals surface area (Å²) in [5.41, 5.74) is 0.182. The third-order valence-corrected chi connectivity index (χ3v) is 1.77. The maximum Gasteiger partial charge on any atom is 0.339 e. The molecule has 1 aromatic rings. The number of aromatic carboxylic acids is 1. The average Bonchev–Trinajstić information content (AvgIpc) is 2.60. The Morgan fingerprint density at radius 2 is 2.36 bits per heavy atom. The molecule has 1 rings (SSSR count). The number of hydrogen-bond acceptors (Lipinski definition) is 4. The van der Waals surface area contributed by atoms with Gasteiger partial charge in [0.15, 0.2) is 0 Å². The quantitative estimate of drug-likeness (QED) is 0.579. The van der Waals surface area contributed by atoms with Crippen LogP contribution in [0, 0.1) is 0 Å². The van der Waals surface area contributed by atoms with E-state index < -0.39 is 5.97 Å². The van der Waals surface area contributed by atoms with Crippen molar-refractivity contribution in [1.29, 1.82) is 0 Å². The Balaban J connectivity index is 2.42. The minimum absolute atomic E-state index is 0.122. The summed E-state index contributed by atoms with van der Waals surface area (Å²) in [6.45, 7) is 1.13. The molecule has 0 fully saturated rings. The second-order valence-electron chi connectivity index (χ2n) is 2.82. The summed E-state index contributed by atoms with van der Waals surface area (Å²) in [7, 11) is 0. The SMILES string of the molecule is O=C(O)c1ccoc1CNCCCO. The van der Waals surface area contributed by atoms with Crippen LogP contribution in [-0.2, 0) is 6.54 Å². The van der Waals surface area contributed by atoms with Gasteiger partial charge in [-0.05, 0) is 19.0 Å². The van der Waals surface area contributed by atoms with Gasteiger partial charge in [0.25, 0.3) is 0 Å². The summed E-state index contributed by atoms with van der Waals surface area (Å²) in [6, 6.07) is 1.42. The van der Waals surface area contributed by atoms with Crippen LogP contribution in [0.15, 0.2) is 16.7 Å². The highest BCUT2D eigenvalue weighted by Gasteiger charge is 2.11. The van der Waals surface area contributed by atoms with E-state index in [4.69, 9.17) is 14.6 Å². The van der Waals surface area contributed by atoms with Crippen molar-refractivity contribution < 1.29 is 19.4 Å². The van der Waals surface area contributed by atoms with Gasteiger partial charge in [-0.3, -0.25) is 0 Å². The van der Waals surface area contributed by atoms with Crippen molar-refractivity contribution in [1.82, 2.24) is 5.32 Å². The zero-order valence-corrected chi connectivity index (χ0v) is 7.69. The molecule has 5 nitrogen and oxygen atoms in total. The summed E-state index contributed by atoms with van der Waals surface area (Å²) in [5.74, 6) is -0.576. The third kappa shape index (κ3) is 2.86. The molecule has 0 amide bonds. The number of carboxylic acid groups (broad SMARTS) is 1. The topological polar surface area (TPSA) is 82.7 Å². The first-order valence-electron chi connectivity index (χ1n) is 4.37. The molecule has 0 saturated carbocycles. The van der Waals surface area contributed by atoms with Gasteiger partial charge in [-0.15, -0.1) is 0 Å². The van der Waals surface area contributed by atoms with Gasteiger partial charge in [-0.25, -0.2) is 4.79 Å². The number of carboxylic acids is 1. The molecule has 0 aliphatic rings. The molecule has 78 valence electrons. The summed E-state index contributed by atoms with van der Waals surface area (Å²) >= 11 is 0. The van der Waals surface area contributed by atoms with Crippen LogP contribution in [0.4, 0.5) is 0 Å². The highest BCUT2D eigenvalue weighted by atomic mass is 16.4. The Hall–Kier alpha value is -1.33. The largest absolute Gasteiger partial charge is 0.478 e. The van der Waals surface area contributed by atoms with Crippen LogP contribution in [0.1, 0.15) is 22.5 Å². The molecule has 1 aromatic heterocycles. The van der Waals surface area contributed by atoms with Crippen LogP contribution in [-0.4, -0.2) is 29.3 Å². The molecule has 0 unspecified atom stereocenters. The number of nitrogens with one attached hydrogen (secondary N) is 1. The monoisotopic (exact) mass is 199 g/mol. The van der Waals surface area contributed by atoms with E-state index in [-0.39, 0.29) is 12.2 Å². The van der Waals surface area contributed by atoms with Crippen molar-refractivity contribution in [3.63, 3.8) is 0 Å². The van der Waals surface area contributed by atoms with Crippen molar-refractivity contribution in [2.45, 2.75) is 13.0 Å². The summed E-state index contributed by atoms with van der Waals surface area (Å²) in [5, 5.41) is 20.2. The first-order chi connectivity index (χ1) is 6.75. The number of aliphatic hydroxyl groups is 1. The predicted octanol–water partition coefficient (Wildman–Crippen LogP) is 0.450. The smallest absolute Gasteiger partial charge is 0.339 e. The van der Waals surface area contributed by atoms with Gasteiger partial charge in [0, 0.05) is 6.61 Å². The predicted molar refractivity (Wildman–Crippen MR) is 49.1 cm³/mol. The van der Waals surface area contributed by atoms with E-state index in [1.54, 1.807) is 0 Å². The summed E-state index contributed by atoms with van der Waals surface area (Å²) in [4.78, 5) is 10.6. The van der Waals surface area contributed by atoms with Gasteiger partial charge < -0.3 is 19.9 Å². The highest BCUT2D eigenvalue weighted by molar-refractivity contribution is 5.88. The fraction of sp³-hybridized carbons (Fsp3) is 0.444. The third-order valence-electron chi connectivity index (χ3n) is 1.77. The van der Waals surface area contributed by atoms with E-state index in [2.05, 4.69) is 5.32 Å². The summed E-state index contributed by atoms with van der Waals surface area (Å²) < 4.78 is 5.00. The maximum atomic E-state index is 10.6. The second kappa shape index (κ2) is 5.41. The fourth-order valence-electron chi connectivity index (χ4n) is 1.07. The normalized spacial score (nSPS) is 10.4. The van der Waals surface area contributed by atoms with E-state index in [0.29, 0.717) is 25.3 Å². The number of rotatable bonds is 6. The Morgan fingerprint density at radius 3 is 3.00 bits per heavy atom. The van der Waals surface area contributed by atoms with E-state index in [9.17, 15) is 4.79 Å². The van der Waals surface area contributed by atoms with Crippen LogP contribution in [0.2, 0.25) is 0 Å². The highest BCUT2D eigenvalue weighted by Crippen LogP contribution is 2.09. The molecule has 0 radical (unpaired) electrons. The minimum atomic E-state index is -0.988. The van der Waals surface area contributed by atoms with Crippen molar-refractivity contribution >= 4 is 5.97 Å². The van der Waals surface area contributed by atoms with E-state index in [1.807, 2.05) is 0 Å². The molecule has 0 aliphatic carbocycles. The van der Waals surface area contributed by atoms with E-state index in [0.717, 1.165) is 0 Å². The number of furan rings is 1. The molecule has 0 atom stereocenters. The standard InChI is InChI=1S/C9H13NO4/c11-4-1-3-10-6-8-7(9(12)13)2-5-14-8/h2,5,10-11H,1,3-4,6H2,(H,12,13). The maximum absolute atomic E-state index is 10.6. The summed E-state index contributed by atoms with van der Waals surface area (Å²) in [6.07, 6.45) is 2.00. The van der Waals surface area contributed by atoms with Gasteiger partial charge in [0.1, 0.15) is 11.3 Å². The van der Waals surface area contributed by atoms with Crippen LogP contribution in [0.3, 0.4) is 0 Å². The Morgan fingerprint density at radius 1 is 1.57 bits per heavy atom. The number of aliphatic hydroxyl groups excluding tert-OH is 1. The molecular formula is C9H13NO4. The van der Waals surface area contributed by atoms with E-state index >= 15 is 0 Å². The molecule has 1 heterocycles. The van der Waals surface area contributed by atoms with E-state index in [1.165, 1.54) is 12.3 Å². The van der Waals surface area contributed by atoms with Crippen molar-refractivity contribution in [3.8, 4) is 0 Å². The molecule has 0 aromatic carbocycles. The Kier molecular flexibility index (Phi) is 4.15. The van der Waals surface area contributed by atoms with Crippen LogP contribution in [0.25, 0.3) is 0 Å². The lowest BCUT2D eigenvalue weighted by molar-refractivity contribution is 0.0694. The van der Waals surface area contributed by atoms with Crippen LogP contribution in [0.5, 0.6) is 0 Å². The minimum Gasteiger partial charge on any atom is -0.478 e. The molecule has 5 heteroatoms. The zero-order valence-electron chi connectivity index (χ0n) is 7.69. The molecule has 0 aliphatic heterocycles. The molecule has 0 saturated heterocycles. The lowest BCUT2D eigenvalue weighted by Gasteiger charge is -2.01. The molecular weight excluding hydrogens is 186 g/mol. The first-order valence-corrected chi connectivity index (χ1v) is 4.37. The Bertz CT molecular complexity index is 295. The second-order valence-corrected chi connectivity index (χ2v) is 2.82. The molecule has 14 heavy (non-hydrogen) atoms. The van der Waals surface area contributed by atoms with Gasteiger partial charge in [0.05, 0.1) is 12.8 Å². The average molecular weight is 199 g/mol. The van der Waals surface area contributed by atoms with Gasteiger partial charge in [-0.2, -0.15) is 0 Å². The van der Waals surface area contributed by atoms with Crippen molar-refractivity contribution in [2.24, 2.45) is 0 Å². The molecule has 0 spiro atoms. The van der Waals surface area contributed by atoms with Crippen LogP contribution < -0.4 is 5.32 Å². The van der Waals surface area contributed by atoms with Gasteiger partial charge in [0.2, 0.25) is 0 Å². The fourth-order valence-corrected chi connectivity index (χ4v) is 1.07. The van der Waals surface area contributed by atoms with Crippen molar-refractivity contribution in [3.05, 3.63) is 23.7 Å². The van der Waals surface area contributed by atoms with Crippen LogP contribution >= 0.6 is 0 Å². The zero-order chi connectivity index (χ0) is 10.4. The van der Waals surface area contributed by atoms with Crippen molar-refractivity contribution in [2.75, 3.05) is 13.2 Å². The number of hydrogen-bond donors (Lipinski definition) is 3. The Labute approximate surface area is 81.4 Å². The molecule has 0 bridgehead atoms. The molecule has 3 N–H and O–H groups in total. The lowest BCUT2D eigenvalue weighted by atomic mass is 10.2. The van der Waals surface area contributed by atoms with Gasteiger partial charge >= 0.3 is 5.97 Å². The number of carbonyl (C=O) groups is 1. The van der Waals surface area contributed by atoms with Gasteiger partial charge in [-0.1, -0.05) is 0 Å². The lowest BCUT2D eigenvalue weighted by Crippen LogP contribution is -2.16. The first kappa shape index (κ1) is 10.7.